The van der Waals surface area contributed by atoms with Gasteiger partial charge in [0.25, 0.3) is 0 Å². The summed E-state index contributed by atoms with van der Waals surface area (Å²) < 4.78 is 29.8. The van der Waals surface area contributed by atoms with Gasteiger partial charge in [0.1, 0.15) is 0 Å². The van der Waals surface area contributed by atoms with E-state index in [-0.39, 0.29) is 24.5 Å². The molecule has 7 nitrogen and oxygen atoms in total. The van der Waals surface area contributed by atoms with Crippen LogP contribution in [-0.2, 0) is 24.3 Å². The summed E-state index contributed by atoms with van der Waals surface area (Å²) in [5.74, 6) is -0.512. The fourth-order valence-electron chi connectivity index (χ4n) is 1.91. The minimum absolute atomic E-state index is 0.0391. The van der Waals surface area contributed by atoms with Crippen LogP contribution in [0, 0.1) is 0 Å². The van der Waals surface area contributed by atoms with E-state index in [1.54, 1.807) is 4.90 Å². The summed E-state index contributed by atoms with van der Waals surface area (Å²) in [6, 6.07) is 0. The molecule has 0 saturated carbocycles. The molecule has 0 unspecified atom stereocenters. The largest absolute Gasteiger partial charge is 0.469 e. The van der Waals surface area contributed by atoms with Gasteiger partial charge in [-0.25, -0.2) is 8.42 Å². The maximum absolute atomic E-state index is 12.0. The van der Waals surface area contributed by atoms with Crippen LogP contribution in [0.5, 0.6) is 0 Å². The van der Waals surface area contributed by atoms with E-state index in [0.717, 1.165) is 0 Å². The van der Waals surface area contributed by atoms with Gasteiger partial charge in [-0.2, -0.15) is 4.31 Å². The third-order valence-electron chi connectivity index (χ3n) is 3.09. The molecule has 19 heavy (non-hydrogen) atoms. The third kappa shape index (κ3) is 4.79. The normalized spacial score (nSPS) is 17.3. The highest BCUT2D eigenvalue weighted by atomic mass is 32.2. The number of rotatable bonds is 5. The van der Waals surface area contributed by atoms with Crippen molar-refractivity contribution < 1.29 is 22.7 Å². The quantitative estimate of drug-likeness (QED) is 0.634. The van der Waals surface area contributed by atoms with E-state index in [9.17, 15) is 18.0 Å². The topological polar surface area (TPSA) is 84.0 Å². The highest BCUT2D eigenvalue weighted by Gasteiger charge is 2.27. The second kappa shape index (κ2) is 6.85. The van der Waals surface area contributed by atoms with Gasteiger partial charge < -0.3 is 9.64 Å². The van der Waals surface area contributed by atoms with Crippen molar-refractivity contribution >= 4 is 21.9 Å². The molecule has 0 N–H and O–H groups in total. The zero-order chi connectivity index (χ0) is 14.5. The van der Waals surface area contributed by atoms with Gasteiger partial charge in [0.15, 0.2) is 0 Å². The highest BCUT2D eigenvalue weighted by Crippen LogP contribution is 2.10. The first-order valence-corrected chi connectivity index (χ1v) is 7.78. The fourth-order valence-corrected chi connectivity index (χ4v) is 3.40. The Kier molecular flexibility index (Phi) is 5.74. The Morgan fingerprint density at radius 3 is 2.21 bits per heavy atom. The SMILES string of the molecule is COC(=O)CCCS(=O)(=O)N1CCN(C(C)=O)CC1. The number of amides is 1. The van der Waals surface area contributed by atoms with Crippen molar-refractivity contribution in [3.63, 3.8) is 0 Å². The van der Waals surface area contributed by atoms with E-state index in [0.29, 0.717) is 26.2 Å². The molecular formula is C11H20N2O5S. The van der Waals surface area contributed by atoms with Crippen molar-refractivity contribution in [2.75, 3.05) is 39.0 Å². The number of methoxy groups -OCH3 is 1. The number of carbonyl (C=O) groups is 2. The average molecular weight is 292 g/mol. The van der Waals surface area contributed by atoms with Crippen molar-refractivity contribution in [1.82, 2.24) is 9.21 Å². The first-order valence-electron chi connectivity index (χ1n) is 6.17. The molecule has 1 aliphatic rings. The molecular weight excluding hydrogens is 272 g/mol. The minimum atomic E-state index is -3.35. The van der Waals surface area contributed by atoms with Crippen LogP contribution >= 0.6 is 0 Å². The predicted octanol–water partition coefficient (Wildman–Crippen LogP) is -0.566. The number of esters is 1. The van der Waals surface area contributed by atoms with Gasteiger partial charge in [-0.3, -0.25) is 9.59 Å². The van der Waals surface area contributed by atoms with Gasteiger partial charge in [0.2, 0.25) is 15.9 Å². The maximum atomic E-state index is 12.0. The van der Waals surface area contributed by atoms with Crippen molar-refractivity contribution in [2.24, 2.45) is 0 Å². The molecule has 0 aromatic rings. The second-order valence-corrected chi connectivity index (χ2v) is 6.49. The minimum Gasteiger partial charge on any atom is -0.469 e. The number of nitrogens with zero attached hydrogens (tertiary/aromatic N) is 2. The Morgan fingerprint density at radius 1 is 1.16 bits per heavy atom. The number of sulfonamides is 1. The van der Waals surface area contributed by atoms with E-state index in [2.05, 4.69) is 4.74 Å². The van der Waals surface area contributed by atoms with Crippen molar-refractivity contribution in [3.05, 3.63) is 0 Å². The van der Waals surface area contributed by atoms with E-state index in [4.69, 9.17) is 0 Å². The zero-order valence-corrected chi connectivity index (χ0v) is 12.1. The lowest BCUT2D eigenvalue weighted by atomic mass is 10.3. The summed E-state index contributed by atoms with van der Waals surface area (Å²) >= 11 is 0. The molecule has 110 valence electrons. The molecule has 8 heteroatoms. The van der Waals surface area contributed by atoms with Gasteiger partial charge in [-0.15, -0.1) is 0 Å². The highest BCUT2D eigenvalue weighted by molar-refractivity contribution is 7.89. The molecule has 0 spiro atoms. The van der Waals surface area contributed by atoms with Crippen LogP contribution in [-0.4, -0.2) is 68.5 Å². The Labute approximate surface area is 113 Å². The van der Waals surface area contributed by atoms with Crippen molar-refractivity contribution in [1.29, 1.82) is 0 Å². The van der Waals surface area contributed by atoms with E-state index in [1.165, 1.54) is 18.3 Å². The van der Waals surface area contributed by atoms with Crippen LogP contribution in [0.1, 0.15) is 19.8 Å². The summed E-state index contributed by atoms with van der Waals surface area (Å²) in [6.07, 6.45) is 0.352. The lowest BCUT2D eigenvalue weighted by Gasteiger charge is -2.33. The van der Waals surface area contributed by atoms with E-state index >= 15 is 0 Å². The number of hydrogen-bond acceptors (Lipinski definition) is 5. The summed E-state index contributed by atoms with van der Waals surface area (Å²) in [5, 5.41) is 0. The lowest BCUT2D eigenvalue weighted by molar-refractivity contribution is -0.140. The number of carbonyl (C=O) groups excluding carboxylic acids is 2. The Hall–Kier alpha value is -1.15. The van der Waals surface area contributed by atoms with Crippen LogP contribution in [0.15, 0.2) is 0 Å². The molecule has 0 bridgehead atoms. The number of hydrogen-bond donors (Lipinski definition) is 0. The molecule has 0 atom stereocenters. The first kappa shape index (κ1) is 15.9. The first-order chi connectivity index (χ1) is 8.86. The molecule has 1 aliphatic heterocycles. The molecule has 1 fully saturated rings. The van der Waals surface area contributed by atoms with E-state index in [1.807, 2.05) is 0 Å². The van der Waals surface area contributed by atoms with Gasteiger partial charge in [0, 0.05) is 39.5 Å². The molecule has 1 saturated heterocycles. The zero-order valence-electron chi connectivity index (χ0n) is 11.3. The molecule has 1 amide bonds. The van der Waals surface area contributed by atoms with Crippen LogP contribution in [0.3, 0.4) is 0 Å². The predicted molar refractivity (Wildman–Crippen MR) is 68.9 cm³/mol. The Balaban J connectivity index is 2.42. The lowest BCUT2D eigenvalue weighted by Crippen LogP contribution is -2.50. The van der Waals surface area contributed by atoms with Gasteiger partial charge in [0.05, 0.1) is 12.9 Å². The molecule has 0 aromatic carbocycles. The Morgan fingerprint density at radius 2 is 1.74 bits per heavy atom. The fraction of sp³-hybridized carbons (Fsp3) is 0.818. The molecule has 0 aromatic heterocycles. The number of piperazine rings is 1. The van der Waals surface area contributed by atoms with Gasteiger partial charge >= 0.3 is 5.97 Å². The van der Waals surface area contributed by atoms with Crippen LogP contribution in [0.4, 0.5) is 0 Å². The Bertz CT molecular complexity index is 426. The van der Waals surface area contributed by atoms with Crippen molar-refractivity contribution in [3.8, 4) is 0 Å². The summed E-state index contributed by atoms with van der Waals surface area (Å²) in [4.78, 5) is 23.7. The number of ether oxygens (including phenoxy) is 1. The molecule has 1 heterocycles. The van der Waals surface area contributed by atoms with Gasteiger partial charge in [-0.1, -0.05) is 0 Å². The van der Waals surface area contributed by atoms with Crippen LogP contribution < -0.4 is 0 Å². The van der Waals surface area contributed by atoms with Gasteiger partial charge in [-0.05, 0) is 6.42 Å². The van der Waals surface area contributed by atoms with Crippen LogP contribution in [0.2, 0.25) is 0 Å². The molecule has 0 aliphatic carbocycles. The molecule has 0 radical (unpaired) electrons. The summed E-state index contributed by atoms with van der Waals surface area (Å²) in [7, 11) is -2.07. The second-order valence-electron chi connectivity index (χ2n) is 4.40. The maximum Gasteiger partial charge on any atom is 0.305 e. The standard InChI is InChI=1S/C11H20N2O5S/c1-10(14)12-5-7-13(8-6-12)19(16,17)9-3-4-11(15)18-2/h3-9H2,1-2H3. The van der Waals surface area contributed by atoms with Crippen molar-refractivity contribution in [2.45, 2.75) is 19.8 Å². The third-order valence-corrected chi connectivity index (χ3v) is 5.04. The molecule has 1 rings (SSSR count). The summed E-state index contributed by atoms with van der Waals surface area (Å²) in [5.41, 5.74) is 0. The average Bonchev–Trinajstić information content (AvgIpc) is 2.38. The van der Waals surface area contributed by atoms with E-state index < -0.39 is 16.0 Å². The monoisotopic (exact) mass is 292 g/mol. The van der Waals surface area contributed by atoms with Crippen LogP contribution in [0.25, 0.3) is 0 Å². The smallest absolute Gasteiger partial charge is 0.305 e. The summed E-state index contributed by atoms with van der Waals surface area (Å²) in [6.45, 7) is 2.96.